The van der Waals surface area contributed by atoms with Gasteiger partial charge in [0.2, 0.25) is 0 Å². The number of amides is 3. The number of phenolic OH excluding ortho intramolecular Hbond substituents is 1. The van der Waals surface area contributed by atoms with Crippen molar-refractivity contribution in [1.82, 2.24) is 10.6 Å². The Bertz CT molecular complexity index is 881. The highest BCUT2D eigenvalue weighted by Gasteiger charge is 2.31. The number of benzene rings is 2. The first kappa shape index (κ1) is 17.5. The molecule has 2 aromatic rings. The fourth-order valence-corrected chi connectivity index (χ4v) is 3.16. The maximum absolute atomic E-state index is 12.9. The van der Waals surface area contributed by atoms with Crippen LogP contribution in [-0.4, -0.2) is 17.0 Å². The summed E-state index contributed by atoms with van der Waals surface area (Å²) in [6.45, 7) is 5.63. The van der Waals surface area contributed by atoms with Crippen LogP contribution in [0.15, 0.2) is 53.7 Å². The Morgan fingerprint density at radius 1 is 1.04 bits per heavy atom. The van der Waals surface area contributed by atoms with E-state index in [1.807, 2.05) is 32.0 Å². The topological polar surface area (TPSA) is 90.5 Å². The molecule has 1 aliphatic heterocycles. The van der Waals surface area contributed by atoms with E-state index in [9.17, 15) is 14.7 Å². The molecule has 0 saturated heterocycles. The van der Waals surface area contributed by atoms with Crippen LogP contribution >= 0.6 is 0 Å². The van der Waals surface area contributed by atoms with Gasteiger partial charge >= 0.3 is 6.03 Å². The second kappa shape index (κ2) is 6.92. The molecule has 1 heterocycles. The Balaban J connectivity index is 1.95. The van der Waals surface area contributed by atoms with Gasteiger partial charge in [-0.1, -0.05) is 18.2 Å². The van der Waals surface area contributed by atoms with Gasteiger partial charge in [-0.2, -0.15) is 0 Å². The van der Waals surface area contributed by atoms with Gasteiger partial charge in [-0.25, -0.2) is 4.79 Å². The van der Waals surface area contributed by atoms with Gasteiger partial charge in [-0.15, -0.1) is 0 Å². The monoisotopic (exact) mass is 351 g/mol. The van der Waals surface area contributed by atoms with Gasteiger partial charge in [-0.05, 0) is 61.7 Å². The molecule has 6 heteroatoms. The van der Waals surface area contributed by atoms with Crippen molar-refractivity contribution in [1.29, 1.82) is 0 Å². The zero-order chi connectivity index (χ0) is 18.8. The number of aromatic hydroxyl groups is 1. The molecule has 3 amide bonds. The summed E-state index contributed by atoms with van der Waals surface area (Å²) in [5.41, 5.74) is 4.44. The Morgan fingerprint density at radius 2 is 1.65 bits per heavy atom. The number of carbonyl (C=O) groups excluding carboxylic acids is 2. The lowest BCUT2D eigenvalue weighted by atomic mass is 9.94. The number of phenols is 1. The molecule has 4 N–H and O–H groups in total. The lowest BCUT2D eigenvalue weighted by molar-refractivity contribution is -0.113. The minimum atomic E-state index is -0.602. The van der Waals surface area contributed by atoms with E-state index < -0.39 is 6.04 Å². The van der Waals surface area contributed by atoms with Crippen molar-refractivity contribution in [3.8, 4) is 5.75 Å². The number of hydrogen-bond acceptors (Lipinski definition) is 3. The Kier molecular flexibility index (Phi) is 4.67. The molecule has 2 aromatic carbocycles. The third-order valence-electron chi connectivity index (χ3n) is 4.22. The van der Waals surface area contributed by atoms with Gasteiger partial charge in [0, 0.05) is 11.4 Å². The van der Waals surface area contributed by atoms with Crippen LogP contribution in [0.4, 0.5) is 10.5 Å². The predicted molar refractivity (Wildman–Crippen MR) is 99.8 cm³/mol. The predicted octanol–water partition coefficient (Wildman–Crippen LogP) is 3.28. The van der Waals surface area contributed by atoms with E-state index >= 15 is 0 Å². The van der Waals surface area contributed by atoms with E-state index in [1.54, 1.807) is 19.1 Å². The summed E-state index contributed by atoms with van der Waals surface area (Å²) < 4.78 is 0. The Morgan fingerprint density at radius 3 is 2.27 bits per heavy atom. The average molecular weight is 351 g/mol. The van der Waals surface area contributed by atoms with Gasteiger partial charge in [-0.3, -0.25) is 4.79 Å². The normalized spacial score (nSPS) is 16.7. The Labute approximate surface area is 151 Å². The van der Waals surface area contributed by atoms with Crippen molar-refractivity contribution >= 4 is 17.6 Å². The second-order valence-electron chi connectivity index (χ2n) is 6.49. The quantitative estimate of drug-likeness (QED) is 0.684. The average Bonchev–Trinajstić information content (AvgIpc) is 2.53. The molecule has 0 spiro atoms. The van der Waals surface area contributed by atoms with Gasteiger partial charge in [0.05, 0.1) is 11.6 Å². The van der Waals surface area contributed by atoms with E-state index in [-0.39, 0.29) is 17.7 Å². The summed E-state index contributed by atoms with van der Waals surface area (Å²) in [6.07, 6.45) is 0. The number of hydrogen-bond donors (Lipinski definition) is 4. The molecule has 0 unspecified atom stereocenters. The van der Waals surface area contributed by atoms with E-state index in [4.69, 9.17) is 0 Å². The van der Waals surface area contributed by atoms with Gasteiger partial charge in [0.15, 0.2) is 0 Å². The third kappa shape index (κ3) is 3.69. The molecule has 6 nitrogen and oxygen atoms in total. The number of rotatable bonds is 3. The number of urea groups is 1. The number of allylic oxidation sites excluding steroid dienone is 1. The molecule has 1 aliphatic rings. The molecule has 0 saturated carbocycles. The summed E-state index contributed by atoms with van der Waals surface area (Å²) in [5.74, 6) is -0.172. The van der Waals surface area contributed by atoms with E-state index in [2.05, 4.69) is 16.0 Å². The second-order valence-corrected chi connectivity index (χ2v) is 6.49. The lowest BCUT2D eigenvalue weighted by Crippen LogP contribution is -2.45. The van der Waals surface area contributed by atoms with E-state index in [1.165, 1.54) is 12.1 Å². The minimum Gasteiger partial charge on any atom is -0.508 e. The highest BCUT2D eigenvalue weighted by Crippen LogP contribution is 2.29. The largest absolute Gasteiger partial charge is 0.508 e. The zero-order valence-electron chi connectivity index (χ0n) is 14.9. The maximum atomic E-state index is 12.9. The standard InChI is InChI=1S/C20H21N3O3/c1-11-8-12(2)10-15(9-11)22-19(25)17-13(3)21-20(26)23-18(17)14-4-6-16(24)7-5-14/h4-10,18,24H,1-3H3,(H,22,25)(H2,21,23,26)/t18-/m0/s1. The van der Waals surface area contributed by atoms with Crippen LogP contribution in [0, 0.1) is 13.8 Å². The van der Waals surface area contributed by atoms with Crippen LogP contribution in [0.1, 0.15) is 29.7 Å². The minimum absolute atomic E-state index is 0.121. The highest BCUT2D eigenvalue weighted by atomic mass is 16.3. The molecule has 0 radical (unpaired) electrons. The van der Waals surface area contributed by atoms with Crippen LogP contribution in [0.2, 0.25) is 0 Å². The fraction of sp³-hybridized carbons (Fsp3) is 0.200. The number of carbonyl (C=O) groups is 2. The van der Waals surface area contributed by atoms with Crippen molar-refractivity contribution in [2.24, 2.45) is 0 Å². The first-order valence-electron chi connectivity index (χ1n) is 8.30. The summed E-state index contributed by atoms with van der Waals surface area (Å²) in [7, 11) is 0. The Hall–Kier alpha value is -3.28. The van der Waals surface area contributed by atoms with Crippen LogP contribution in [0.25, 0.3) is 0 Å². The third-order valence-corrected chi connectivity index (χ3v) is 4.22. The molecular formula is C20H21N3O3. The number of aryl methyl sites for hydroxylation is 2. The van der Waals surface area contributed by atoms with E-state index in [0.29, 0.717) is 22.5 Å². The molecule has 0 bridgehead atoms. The number of anilines is 1. The van der Waals surface area contributed by atoms with Gasteiger partial charge < -0.3 is 21.1 Å². The molecule has 0 aliphatic carbocycles. The summed E-state index contributed by atoms with van der Waals surface area (Å²) in [6, 6.07) is 11.3. The van der Waals surface area contributed by atoms with Crippen molar-refractivity contribution in [2.75, 3.05) is 5.32 Å². The van der Waals surface area contributed by atoms with Crippen LogP contribution in [-0.2, 0) is 4.79 Å². The number of nitrogens with one attached hydrogen (secondary N) is 3. The summed E-state index contributed by atoms with van der Waals surface area (Å²) in [5, 5.41) is 17.8. The van der Waals surface area contributed by atoms with Crippen molar-refractivity contribution in [3.05, 3.63) is 70.4 Å². The first-order chi connectivity index (χ1) is 12.3. The molecule has 1 atom stereocenters. The smallest absolute Gasteiger partial charge is 0.319 e. The lowest BCUT2D eigenvalue weighted by Gasteiger charge is -2.28. The van der Waals surface area contributed by atoms with Crippen molar-refractivity contribution < 1.29 is 14.7 Å². The molecular weight excluding hydrogens is 330 g/mol. The van der Waals surface area contributed by atoms with Crippen LogP contribution in [0.5, 0.6) is 5.75 Å². The molecule has 3 rings (SSSR count). The summed E-state index contributed by atoms with van der Waals surface area (Å²) in [4.78, 5) is 24.9. The molecule has 0 fully saturated rings. The van der Waals surface area contributed by atoms with Gasteiger partial charge in [0.1, 0.15) is 5.75 Å². The highest BCUT2D eigenvalue weighted by molar-refractivity contribution is 6.06. The SMILES string of the molecule is CC1=C(C(=O)Nc2cc(C)cc(C)c2)[C@H](c2ccc(O)cc2)NC(=O)N1. The maximum Gasteiger partial charge on any atom is 0.319 e. The summed E-state index contributed by atoms with van der Waals surface area (Å²) >= 11 is 0. The van der Waals surface area contributed by atoms with Gasteiger partial charge in [0.25, 0.3) is 5.91 Å². The fourth-order valence-electron chi connectivity index (χ4n) is 3.16. The van der Waals surface area contributed by atoms with E-state index in [0.717, 1.165) is 11.1 Å². The van der Waals surface area contributed by atoms with Crippen LogP contribution in [0.3, 0.4) is 0 Å². The zero-order valence-corrected chi connectivity index (χ0v) is 14.9. The van der Waals surface area contributed by atoms with Crippen LogP contribution < -0.4 is 16.0 Å². The molecule has 0 aromatic heterocycles. The van der Waals surface area contributed by atoms with Crippen molar-refractivity contribution in [3.63, 3.8) is 0 Å². The first-order valence-corrected chi connectivity index (χ1v) is 8.30. The van der Waals surface area contributed by atoms with Crippen molar-refractivity contribution in [2.45, 2.75) is 26.8 Å². The molecule has 134 valence electrons. The molecule has 26 heavy (non-hydrogen) atoms.